The average molecular weight is 372 g/mol. The summed E-state index contributed by atoms with van der Waals surface area (Å²) in [6, 6.07) is 12.4. The van der Waals surface area contributed by atoms with Crippen LogP contribution >= 0.6 is 0 Å². The maximum Gasteiger partial charge on any atom is 0.270 e. The van der Waals surface area contributed by atoms with E-state index in [1.54, 1.807) is 18.2 Å². The number of piperazine rings is 1. The van der Waals surface area contributed by atoms with Crippen LogP contribution in [0, 0.1) is 15.9 Å². The Morgan fingerprint density at radius 3 is 2.56 bits per heavy atom. The van der Waals surface area contributed by atoms with Crippen LogP contribution in [0.4, 0.5) is 15.8 Å². The maximum atomic E-state index is 13.9. The van der Waals surface area contributed by atoms with Gasteiger partial charge in [-0.1, -0.05) is 18.2 Å². The molecule has 0 bridgehead atoms. The molecule has 2 aromatic rings. The minimum Gasteiger partial charge on any atom is -0.367 e. The van der Waals surface area contributed by atoms with Gasteiger partial charge in [0.05, 0.1) is 10.6 Å². The number of nitro groups is 1. The Bertz CT molecular complexity index is 822. The van der Waals surface area contributed by atoms with Crippen LogP contribution in [0.1, 0.15) is 10.4 Å². The monoisotopic (exact) mass is 372 g/mol. The Kier molecular flexibility index (Phi) is 5.97. The van der Waals surface area contributed by atoms with Gasteiger partial charge < -0.3 is 10.2 Å². The molecule has 1 aliphatic heterocycles. The third-order valence-corrected chi connectivity index (χ3v) is 4.60. The van der Waals surface area contributed by atoms with Crippen LogP contribution < -0.4 is 10.2 Å². The van der Waals surface area contributed by atoms with Crippen molar-refractivity contribution in [1.29, 1.82) is 0 Å². The molecule has 1 heterocycles. The van der Waals surface area contributed by atoms with E-state index < -0.39 is 4.92 Å². The molecule has 1 amide bonds. The Labute approximate surface area is 156 Å². The second-order valence-electron chi connectivity index (χ2n) is 6.34. The molecule has 0 aliphatic carbocycles. The number of carbonyl (C=O) groups excluding carboxylic acids is 1. The van der Waals surface area contributed by atoms with Crippen LogP contribution in [0.25, 0.3) is 0 Å². The first-order valence-electron chi connectivity index (χ1n) is 8.79. The minimum absolute atomic E-state index is 0.105. The molecule has 1 N–H and O–H groups in total. The second kappa shape index (κ2) is 8.59. The van der Waals surface area contributed by atoms with Crippen molar-refractivity contribution < 1.29 is 14.1 Å². The van der Waals surface area contributed by atoms with E-state index in [2.05, 4.69) is 10.2 Å². The van der Waals surface area contributed by atoms with Gasteiger partial charge in [0.2, 0.25) is 0 Å². The van der Waals surface area contributed by atoms with Crippen molar-refractivity contribution in [3.8, 4) is 0 Å². The Morgan fingerprint density at radius 2 is 1.85 bits per heavy atom. The first-order chi connectivity index (χ1) is 13.0. The van der Waals surface area contributed by atoms with Crippen molar-refractivity contribution in [2.75, 3.05) is 44.2 Å². The van der Waals surface area contributed by atoms with E-state index in [9.17, 15) is 19.3 Å². The molecule has 0 aromatic heterocycles. The predicted octanol–water partition coefficient (Wildman–Crippen LogP) is 2.29. The van der Waals surface area contributed by atoms with Crippen molar-refractivity contribution in [2.24, 2.45) is 0 Å². The normalized spacial score (nSPS) is 14.8. The number of hydrogen-bond acceptors (Lipinski definition) is 5. The van der Waals surface area contributed by atoms with Gasteiger partial charge in [0.15, 0.2) is 0 Å². The molecule has 1 fully saturated rings. The van der Waals surface area contributed by atoms with E-state index in [1.807, 2.05) is 11.0 Å². The SMILES string of the molecule is O=C(NCCN1CCN(c2ccccc2F)CC1)c1cccc([N+](=O)[O-])c1. The summed E-state index contributed by atoms with van der Waals surface area (Å²) in [5, 5.41) is 13.6. The molecule has 0 spiro atoms. The molecule has 27 heavy (non-hydrogen) atoms. The zero-order chi connectivity index (χ0) is 19.2. The second-order valence-corrected chi connectivity index (χ2v) is 6.34. The van der Waals surface area contributed by atoms with Crippen LogP contribution in [-0.4, -0.2) is 55.0 Å². The van der Waals surface area contributed by atoms with Gasteiger partial charge in [-0.2, -0.15) is 0 Å². The molecule has 0 radical (unpaired) electrons. The summed E-state index contributed by atoms with van der Waals surface area (Å²) in [4.78, 5) is 26.6. The first kappa shape index (κ1) is 18.8. The molecule has 7 nitrogen and oxygen atoms in total. The zero-order valence-corrected chi connectivity index (χ0v) is 14.8. The quantitative estimate of drug-likeness (QED) is 0.622. The van der Waals surface area contributed by atoms with Gasteiger partial charge in [0.1, 0.15) is 5.82 Å². The fourth-order valence-electron chi connectivity index (χ4n) is 3.11. The molecule has 1 aliphatic rings. The number of nitrogens with one attached hydrogen (secondary N) is 1. The van der Waals surface area contributed by atoms with E-state index in [0.717, 1.165) is 26.2 Å². The summed E-state index contributed by atoms with van der Waals surface area (Å²) in [5.74, 6) is -0.543. The third kappa shape index (κ3) is 4.79. The van der Waals surface area contributed by atoms with Gasteiger partial charge in [-0.3, -0.25) is 19.8 Å². The molecule has 2 aromatic carbocycles. The molecule has 1 saturated heterocycles. The summed E-state index contributed by atoms with van der Waals surface area (Å²) >= 11 is 0. The molecule has 0 saturated carbocycles. The van der Waals surface area contributed by atoms with Gasteiger partial charge in [0, 0.05) is 57.0 Å². The lowest BCUT2D eigenvalue weighted by Crippen LogP contribution is -2.48. The van der Waals surface area contributed by atoms with Crippen LogP contribution in [0.15, 0.2) is 48.5 Å². The molecule has 0 atom stereocenters. The molecule has 3 rings (SSSR count). The number of benzene rings is 2. The van der Waals surface area contributed by atoms with Crippen molar-refractivity contribution >= 4 is 17.3 Å². The van der Waals surface area contributed by atoms with E-state index >= 15 is 0 Å². The van der Waals surface area contributed by atoms with Gasteiger partial charge in [-0.25, -0.2) is 4.39 Å². The Balaban J connectivity index is 1.44. The van der Waals surface area contributed by atoms with Crippen LogP contribution in [-0.2, 0) is 0 Å². The predicted molar refractivity (Wildman–Crippen MR) is 100 cm³/mol. The highest BCUT2D eigenvalue weighted by atomic mass is 19.1. The van der Waals surface area contributed by atoms with Gasteiger partial charge in [0.25, 0.3) is 11.6 Å². The Morgan fingerprint density at radius 1 is 1.11 bits per heavy atom. The number of para-hydroxylation sites is 1. The third-order valence-electron chi connectivity index (χ3n) is 4.60. The van der Waals surface area contributed by atoms with E-state index in [0.29, 0.717) is 18.8 Å². The standard InChI is InChI=1S/C19H21FN4O3/c20-17-6-1-2-7-18(17)23-12-10-22(11-13-23)9-8-21-19(25)15-4-3-5-16(14-15)24(26)27/h1-7,14H,8-13H2,(H,21,25). The lowest BCUT2D eigenvalue weighted by Gasteiger charge is -2.36. The Hall–Kier alpha value is -3.00. The number of amides is 1. The summed E-state index contributed by atoms with van der Waals surface area (Å²) in [6.07, 6.45) is 0. The zero-order valence-electron chi connectivity index (χ0n) is 14.8. The number of nitrogens with zero attached hydrogens (tertiary/aromatic N) is 3. The summed E-state index contributed by atoms with van der Waals surface area (Å²) in [7, 11) is 0. The highest BCUT2D eigenvalue weighted by Crippen LogP contribution is 2.20. The number of non-ortho nitro benzene ring substituents is 1. The first-order valence-corrected chi connectivity index (χ1v) is 8.79. The number of anilines is 1. The molecule has 8 heteroatoms. The van der Waals surface area contributed by atoms with Crippen molar-refractivity contribution in [2.45, 2.75) is 0 Å². The van der Waals surface area contributed by atoms with Gasteiger partial charge >= 0.3 is 0 Å². The minimum atomic E-state index is -0.522. The summed E-state index contributed by atoms with van der Waals surface area (Å²) in [6.45, 7) is 4.12. The molecular formula is C19H21FN4O3. The van der Waals surface area contributed by atoms with Crippen molar-refractivity contribution in [1.82, 2.24) is 10.2 Å². The topological polar surface area (TPSA) is 78.7 Å². The fraction of sp³-hybridized carbons (Fsp3) is 0.316. The van der Waals surface area contributed by atoms with E-state index in [-0.39, 0.29) is 23.0 Å². The largest absolute Gasteiger partial charge is 0.367 e. The van der Waals surface area contributed by atoms with Crippen molar-refractivity contribution in [3.05, 3.63) is 70.0 Å². The van der Waals surface area contributed by atoms with E-state index in [4.69, 9.17) is 0 Å². The number of halogens is 1. The lowest BCUT2D eigenvalue weighted by molar-refractivity contribution is -0.384. The van der Waals surface area contributed by atoms with Gasteiger partial charge in [-0.15, -0.1) is 0 Å². The van der Waals surface area contributed by atoms with Crippen LogP contribution in [0.2, 0.25) is 0 Å². The highest BCUT2D eigenvalue weighted by Gasteiger charge is 2.19. The number of rotatable bonds is 6. The molecule has 0 unspecified atom stereocenters. The summed E-state index contributed by atoms with van der Waals surface area (Å²) < 4.78 is 13.9. The number of hydrogen-bond donors (Lipinski definition) is 1. The lowest BCUT2D eigenvalue weighted by atomic mass is 10.2. The van der Waals surface area contributed by atoms with Crippen molar-refractivity contribution in [3.63, 3.8) is 0 Å². The van der Waals surface area contributed by atoms with Crippen LogP contribution in [0.5, 0.6) is 0 Å². The fourth-order valence-corrected chi connectivity index (χ4v) is 3.11. The van der Waals surface area contributed by atoms with E-state index in [1.165, 1.54) is 24.3 Å². The smallest absolute Gasteiger partial charge is 0.270 e. The molecular weight excluding hydrogens is 351 g/mol. The van der Waals surface area contributed by atoms with Crippen LogP contribution in [0.3, 0.4) is 0 Å². The number of carbonyl (C=O) groups is 1. The average Bonchev–Trinajstić information content (AvgIpc) is 2.69. The highest BCUT2D eigenvalue weighted by molar-refractivity contribution is 5.94. The summed E-state index contributed by atoms with van der Waals surface area (Å²) in [5.41, 5.74) is 0.789. The number of nitro benzene ring substituents is 1. The maximum absolute atomic E-state index is 13.9. The molecule has 142 valence electrons. The van der Waals surface area contributed by atoms with Gasteiger partial charge in [-0.05, 0) is 18.2 Å².